The third-order valence-corrected chi connectivity index (χ3v) is 5.40. The van der Waals surface area contributed by atoms with Crippen LogP contribution in [0.3, 0.4) is 0 Å². The minimum absolute atomic E-state index is 0.0524. The number of carbonyl (C=O) groups is 2. The summed E-state index contributed by atoms with van der Waals surface area (Å²) in [6.45, 7) is 3.99. The molecular formula is C17H18O4. The molecule has 0 radical (unpaired) electrons. The number of hydrogen-bond acceptors (Lipinski definition) is 4. The minimum Gasteiger partial charge on any atom is -0.458 e. The smallest absolute Gasteiger partial charge is 0.338 e. The Morgan fingerprint density at radius 3 is 2.81 bits per heavy atom. The van der Waals surface area contributed by atoms with Gasteiger partial charge in [0.05, 0.1) is 11.5 Å². The molecule has 2 saturated carbocycles. The summed E-state index contributed by atoms with van der Waals surface area (Å²) in [7, 11) is 0. The van der Waals surface area contributed by atoms with Crippen LogP contribution in [0.5, 0.6) is 0 Å². The standard InChI is InChI=1S/C17H18O4/c1-8-3-4-10(5-9(8)2)16(18)20-14-11-6-12-13(7-11)17(19)21-15(12)14/h3-5,11-15H,6-7H2,1-2H3/t11-,12+,13+,14-,15+/m1/s1. The normalized spacial score (nSPS) is 35.9. The van der Waals surface area contributed by atoms with Gasteiger partial charge in [-0.15, -0.1) is 0 Å². The Hall–Kier alpha value is -1.84. The lowest BCUT2D eigenvalue weighted by molar-refractivity contribution is -0.146. The summed E-state index contributed by atoms with van der Waals surface area (Å²) in [5, 5.41) is 0. The molecule has 0 aromatic heterocycles. The summed E-state index contributed by atoms with van der Waals surface area (Å²) in [6.07, 6.45) is 1.29. The Bertz CT molecular complexity index is 636. The maximum atomic E-state index is 12.3. The maximum Gasteiger partial charge on any atom is 0.338 e. The molecule has 3 fully saturated rings. The lowest BCUT2D eigenvalue weighted by Gasteiger charge is -2.25. The Morgan fingerprint density at radius 1 is 1.24 bits per heavy atom. The predicted molar refractivity (Wildman–Crippen MR) is 74.7 cm³/mol. The first kappa shape index (κ1) is 12.9. The van der Waals surface area contributed by atoms with E-state index in [1.54, 1.807) is 6.07 Å². The number of benzene rings is 1. The summed E-state index contributed by atoms with van der Waals surface area (Å²) in [6, 6.07) is 5.58. The summed E-state index contributed by atoms with van der Waals surface area (Å²) >= 11 is 0. The number of hydrogen-bond donors (Lipinski definition) is 0. The molecule has 2 aliphatic carbocycles. The summed E-state index contributed by atoms with van der Waals surface area (Å²) < 4.78 is 11.1. The van der Waals surface area contributed by atoms with E-state index in [9.17, 15) is 9.59 Å². The fraction of sp³-hybridized carbons (Fsp3) is 0.529. The van der Waals surface area contributed by atoms with E-state index >= 15 is 0 Å². The van der Waals surface area contributed by atoms with E-state index in [1.165, 1.54) is 0 Å². The second-order valence-electron chi connectivity index (χ2n) is 6.57. The fourth-order valence-corrected chi connectivity index (χ4v) is 4.12. The molecule has 1 heterocycles. The second-order valence-corrected chi connectivity index (χ2v) is 6.57. The Balaban J connectivity index is 1.53. The largest absolute Gasteiger partial charge is 0.458 e. The molecule has 1 aliphatic heterocycles. The summed E-state index contributed by atoms with van der Waals surface area (Å²) in [5.41, 5.74) is 2.80. The second kappa shape index (κ2) is 4.33. The van der Waals surface area contributed by atoms with Crippen LogP contribution in [0.1, 0.15) is 34.3 Å². The lowest BCUT2D eigenvalue weighted by atomic mass is 9.88. The molecule has 2 bridgehead atoms. The van der Waals surface area contributed by atoms with Gasteiger partial charge in [0, 0.05) is 11.8 Å². The van der Waals surface area contributed by atoms with Crippen molar-refractivity contribution in [3.05, 3.63) is 34.9 Å². The number of ether oxygens (including phenoxy) is 2. The number of rotatable bonds is 2. The van der Waals surface area contributed by atoms with Gasteiger partial charge in [-0.3, -0.25) is 4.79 Å². The van der Waals surface area contributed by atoms with E-state index in [0.29, 0.717) is 5.56 Å². The van der Waals surface area contributed by atoms with Crippen LogP contribution in [0.2, 0.25) is 0 Å². The van der Waals surface area contributed by atoms with Crippen molar-refractivity contribution in [3.8, 4) is 0 Å². The third kappa shape index (κ3) is 1.81. The molecule has 1 aromatic carbocycles. The van der Waals surface area contributed by atoms with Crippen LogP contribution < -0.4 is 0 Å². The topological polar surface area (TPSA) is 52.6 Å². The average molecular weight is 286 g/mol. The van der Waals surface area contributed by atoms with E-state index in [0.717, 1.165) is 24.0 Å². The van der Waals surface area contributed by atoms with Gasteiger partial charge in [-0.1, -0.05) is 6.07 Å². The van der Waals surface area contributed by atoms with Crippen molar-refractivity contribution in [2.45, 2.75) is 38.9 Å². The SMILES string of the molecule is Cc1ccc(C(=O)O[C@@H]2[C@@H]3C[C@@H]4[C@@H]2OC(=O)[C@H]4C3)cc1C. The molecule has 0 spiro atoms. The first-order chi connectivity index (χ1) is 10.0. The molecule has 0 N–H and O–H groups in total. The highest BCUT2D eigenvalue weighted by molar-refractivity contribution is 5.90. The van der Waals surface area contributed by atoms with Crippen molar-refractivity contribution in [1.82, 2.24) is 0 Å². The van der Waals surface area contributed by atoms with E-state index in [4.69, 9.17) is 9.47 Å². The molecule has 0 amide bonds. The van der Waals surface area contributed by atoms with Crippen LogP contribution >= 0.6 is 0 Å². The van der Waals surface area contributed by atoms with E-state index in [2.05, 4.69) is 0 Å². The fourth-order valence-electron chi connectivity index (χ4n) is 4.12. The molecule has 110 valence electrons. The number of aryl methyl sites for hydroxylation is 2. The Morgan fingerprint density at radius 2 is 2.05 bits per heavy atom. The van der Waals surface area contributed by atoms with Gasteiger partial charge in [-0.25, -0.2) is 4.79 Å². The van der Waals surface area contributed by atoms with Crippen LogP contribution in [-0.4, -0.2) is 24.1 Å². The molecule has 5 atom stereocenters. The Labute approximate surface area is 123 Å². The summed E-state index contributed by atoms with van der Waals surface area (Å²) in [5.74, 6) is 0.191. The third-order valence-electron chi connectivity index (χ3n) is 5.40. The minimum atomic E-state index is -0.310. The van der Waals surface area contributed by atoms with Crippen molar-refractivity contribution in [2.24, 2.45) is 17.8 Å². The number of carbonyl (C=O) groups excluding carboxylic acids is 2. The zero-order chi connectivity index (χ0) is 14.7. The van der Waals surface area contributed by atoms with Crippen molar-refractivity contribution in [3.63, 3.8) is 0 Å². The van der Waals surface area contributed by atoms with Crippen LogP contribution in [0.25, 0.3) is 0 Å². The zero-order valence-corrected chi connectivity index (χ0v) is 12.2. The summed E-state index contributed by atoms with van der Waals surface area (Å²) in [4.78, 5) is 24.0. The van der Waals surface area contributed by atoms with E-state index < -0.39 is 0 Å². The quantitative estimate of drug-likeness (QED) is 0.783. The van der Waals surface area contributed by atoms with Gasteiger partial charge in [-0.2, -0.15) is 0 Å². The molecule has 4 heteroatoms. The van der Waals surface area contributed by atoms with E-state index in [-0.39, 0.29) is 41.9 Å². The van der Waals surface area contributed by atoms with Crippen LogP contribution in [-0.2, 0) is 14.3 Å². The molecular weight excluding hydrogens is 268 g/mol. The van der Waals surface area contributed by atoms with Gasteiger partial charge in [0.2, 0.25) is 0 Å². The Kier molecular flexibility index (Phi) is 2.65. The number of esters is 2. The van der Waals surface area contributed by atoms with Gasteiger partial charge >= 0.3 is 11.9 Å². The van der Waals surface area contributed by atoms with Gasteiger partial charge in [0.25, 0.3) is 0 Å². The first-order valence-corrected chi connectivity index (χ1v) is 7.53. The van der Waals surface area contributed by atoms with Gasteiger partial charge in [0.1, 0.15) is 12.2 Å². The number of fused-ring (bicyclic) bond motifs is 1. The molecule has 4 rings (SSSR count). The average Bonchev–Trinajstić information content (AvgIpc) is 3.06. The van der Waals surface area contributed by atoms with Crippen molar-refractivity contribution in [2.75, 3.05) is 0 Å². The van der Waals surface area contributed by atoms with Crippen molar-refractivity contribution in [1.29, 1.82) is 0 Å². The molecule has 1 saturated heterocycles. The molecule has 3 aliphatic rings. The van der Waals surface area contributed by atoms with Crippen LogP contribution in [0.4, 0.5) is 0 Å². The molecule has 4 nitrogen and oxygen atoms in total. The highest BCUT2D eigenvalue weighted by Gasteiger charge is 2.63. The van der Waals surface area contributed by atoms with Crippen molar-refractivity contribution < 1.29 is 19.1 Å². The first-order valence-electron chi connectivity index (χ1n) is 7.53. The van der Waals surface area contributed by atoms with Gasteiger partial charge < -0.3 is 9.47 Å². The van der Waals surface area contributed by atoms with Crippen LogP contribution in [0, 0.1) is 31.6 Å². The predicted octanol–water partition coefficient (Wildman–Crippen LogP) is 2.41. The molecule has 21 heavy (non-hydrogen) atoms. The molecule has 1 aromatic rings. The zero-order valence-electron chi connectivity index (χ0n) is 12.2. The maximum absolute atomic E-state index is 12.3. The highest BCUT2D eigenvalue weighted by atomic mass is 16.6. The van der Waals surface area contributed by atoms with Crippen molar-refractivity contribution >= 4 is 11.9 Å². The van der Waals surface area contributed by atoms with Crippen LogP contribution in [0.15, 0.2) is 18.2 Å². The highest BCUT2D eigenvalue weighted by Crippen LogP contribution is 2.55. The lowest BCUT2D eigenvalue weighted by Crippen LogP contribution is -2.36. The monoisotopic (exact) mass is 286 g/mol. The van der Waals surface area contributed by atoms with Gasteiger partial charge in [-0.05, 0) is 49.9 Å². The molecule has 0 unspecified atom stereocenters. The van der Waals surface area contributed by atoms with Gasteiger partial charge in [0.15, 0.2) is 0 Å². The van der Waals surface area contributed by atoms with E-state index in [1.807, 2.05) is 26.0 Å².